The Kier molecular flexibility index (Phi) is 96.8. The fourth-order valence-electron chi connectivity index (χ4n) is 8.55. The van der Waals surface area contributed by atoms with E-state index in [1.54, 1.807) is 75.7 Å². The van der Waals surface area contributed by atoms with Gasteiger partial charge in [0.1, 0.15) is 0 Å². The molecule has 4 saturated carbocycles. The lowest BCUT2D eigenvalue weighted by molar-refractivity contribution is 0.431. The molecule has 25 N–H and O–H groups in total. The van der Waals surface area contributed by atoms with Crippen LogP contribution in [0, 0.1) is 67.2 Å². The van der Waals surface area contributed by atoms with Crippen LogP contribution in [0.4, 0.5) is 0 Å². The molecule has 4 fully saturated rings. The first-order chi connectivity index (χ1) is 59.4. The zero-order chi connectivity index (χ0) is 101. The first-order valence-electron chi connectivity index (χ1n) is 44.7. The van der Waals surface area contributed by atoms with Gasteiger partial charge in [0, 0.05) is 266 Å². The molecule has 0 bridgehead atoms. The van der Waals surface area contributed by atoms with Crippen LogP contribution in [-0.2, 0) is 0 Å². The highest BCUT2D eigenvalue weighted by molar-refractivity contribution is 5.85. The van der Waals surface area contributed by atoms with Gasteiger partial charge in [-0.05, 0) is 148 Å². The zero-order valence-corrected chi connectivity index (χ0v) is 87.4. The fraction of sp³-hybridized carbons (Fsp3) is 0.812. The largest absolute Gasteiger partial charge is 0.370 e. The number of guanidine groups is 12. The topological polar surface area (TPSA) is 582 Å². The lowest BCUT2D eigenvalue weighted by Crippen LogP contribution is -2.37. The number of aliphatic imine (C=N–C) groups is 8. The molecular formula is C85H196N42. The smallest absolute Gasteiger partial charge is 0.209 e. The van der Waals surface area contributed by atoms with Crippen molar-refractivity contribution in [2.24, 2.45) is 97.6 Å². The summed E-state index contributed by atoms with van der Waals surface area (Å²) < 4.78 is 0. The molecule has 127 heavy (non-hydrogen) atoms. The lowest BCUT2D eigenvalue weighted by Gasteiger charge is -2.23. The second kappa shape index (κ2) is 90.0. The van der Waals surface area contributed by atoms with Crippen LogP contribution in [0.2, 0.25) is 0 Å². The Balaban J connectivity index is -0.000000146. The summed E-state index contributed by atoms with van der Waals surface area (Å²) in [6, 6.07) is 0.895. The van der Waals surface area contributed by atoms with Gasteiger partial charge < -0.3 is 130 Å². The van der Waals surface area contributed by atoms with E-state index in [1.165, 1.54) is 77.0 Å². The maximum Gasteiger partial charge on any atom is 0.209 e. The number of rotatable bonds is 18. The van der Waals surface area contributed by atoms with Gasteiger partial charge in [-0.25, -0.2) is 9.98 Å². The molecule has 0 atom stereocenters. The van der Waals surface area contributed by atoms with Gasteiger partial charge in [-0.1, -0.05) is 38.5 Å². The summed E-state index contributed by atoms with van der Waals surface area (Å²) in [5, 5.41) is 69.1. The summed E-state index contributed by atoms with van der Waals surface area (Å²) in [6.45, 7) is 40.2. The summed E-state index contributed by atoms with van der Waals surface area (Å²) in [4.78, 5) is 59.2. The van der Waals surface area contributed by atoms with Gasteiger partial charge in [0.2, 0.25) is 18.1 Å². The fourth-order valence-corrected chi connectivity index (χ4v) is 8.55. The number of nitrogens with one attached hydrogen (secondary N) is 9. The third-order valence-electron chi connectivity index (χ3n) is 18.9. The van der Waals surface area contributed by atoms with E-state index in [0.29, 0.717) is 83.5 Å². The van der Waals surface area contributed by atoms with Gasteiger partial charge in [0.25, 0.3) is 0 Å². The van der Waals surface area contributed by atoms with E-state index in [9.17, 15) is 0 Å². The molecule has 0 amide bonds. The van der Waals surface area contributed by atoms with Crippen molar-refractivity contribution in [1.82, 2.24) is 89.4 Å². The average Bonchev–Trinajstić information content (AvgIpc) is 1.74. The summed E-state index contributed by atoms with van der Waals surface area (Å²) in [5.74, 6) is 9.12. The molecule has 0 aromatic carbocycles. The second-order valence-electron chi connectivity index (χ2n) is 30.1. The molecule has 0 aromatic rings. The maximum atomic E-state index is 8.64. The number of nitriles is 2. The molecule has 42 heteroatoms. The molecule has 0 unspecified atom stereocenters. The number of hydrogen-bond donors (Lipinski definition) is 17. The molecule has 0 radical (unpaired) electrons. The normalized spacial score (nSPS) is 13.3. The van der Waals surface area contributed by atoms with Crippen LogP contribution < -0.4 is 61.8 Å². The Morgan fingerprint density at radius 2 is 0.598 bits per heavy atom. The Bertz CT molecular complexity index is 2870. The first-order valence-corrected chi connectivity index (χ1v) is 44.7. The minimum atomic E-state index is 0.127. The maximum absolute atomic E-state index is 8.64. The molecule has 0 aliphatic heterocycles. The molecule has 4 rings (SSSR count). The van der Waals surface area contributed by atoms with E-state index in [1.807, 2.05) is 241 Å². The predicted molar refractivity (Wildman–Crippen MR) is 551 cm³/mol. The van der Waals surface area contributed by atoms with Gasteiger partial charge in [-0.2, -0.15) is 10.5 Å². The summed E-state index contributed by atoms with van der Waals surface area (Å²) >= 11 is 0. The Morgan fingerprint density at radius 3 is 0.772 bits per heavy atom. The molecule has 0 saturated heterocycles. The molecule has 746 valence electrons. The minimum absolute atomic E-state index is 0.127. The van der Waals surface area contributed by atoms with Crippen LogP contribution in [0.3, 0.4) is 0 Å². The molecule has 42 nitrogen and oxygen atoms in total. The third kappa shape index (κ3) is 85.7. The standard InChI is InChI=1S/C11H20N4.C10H21N3.2C7H14N2.3C6H15N3.C5H10N4.3C5H13N3.3C4H11N3/c1-3-15(2)11(13-9-12)14-10-7-5-4-6-8-10;1-3-13(2)10(11)12-9-7-5-4-6-8-9;2*1-3-9(2)7(8)6-4-5-6;3*1-5-9(4)6(7)8(2)3;1-3-9(2)5(7)8-4-6;2*1-4-7-5(6)8(2)3;1-4-8(3)5(6)7-2;1-3-7(2)4(5)6;2*1-3-7-4(5)6-2/h10H,3-8H2,1-2H3,(H,13,14);9H,3-8H2,1-2H3,(H2,11,12);2*6,8H,3-5H2,1-2H3;3*7H,5H2,1-4H3;3H2,1-2H3,(H2,7,8);3*4H2,1-3H3,(H2,6,7);3H2,1-2H3,(H3,5,6);2*3H2,1-2H3,(H3,5,6,7). The van der Waals surface area contributed by atoms with Crippen molar-refractivity contribution in [2.45, 2.75) is 199 Å². The van der Waals surface area contributed by atoms with Crippen molar-refractivity contribution in [3.05, 3.63) is 0 Å². The van der Waals surface area contributed by atoms with Crippen molar-refractivity contribution in [3.63, 3.8) is 0 Å². The molecule has 4 aliphatic rings. The highest BCUT2D eigenvalue weighted by Gasteiger charge is 2.29. The van der Waals surface area contributed by atoms with Gasteiger partial charge in [0.15, 0.2) is 65.8 Å². The summed E-state index contributed by atoms with van der Waals surface area (Å²) in [7, 11) is 42.8. The zero-order valence-electron chi connectivity index (χ0n) is 87.4. The van der Waals surface area contributed by atoms with Crippen LogP contribution in [0.5, 0.6) is 0 Å². The number of amidine groups is 2. The van der Waals surface area contributed by atoms with E-state index in [0.717, 1.165) is 116 Å². The highest BCUT2D eigenvalue weighted by Crippen LogP contribution is 2.31. The number of hydrogen-bond acceptors (Lipinski definition) is 16. The van der Waals surface area contributed by atoms with Gasteiger partial charge in [-0.15, -0.1) is 4.99 Å². The lowest BCUT2D eigenvalue weighted by atomic mass is 9.96. The SMILES string of the molecule is CCN(C)C(=N)C1CC1.CCN(C)C(=N)C1CC1.CCN(C)C(=N)N.CCN(C)C(=N)N(C)C.CCN(C)C(=N)N(C)C.CCN(C)C(=N)N(C)C.CCN(C)C(=NC1CCCCC1)NC#N.CCN(C)C(N)=NC.CCN(C)C(N)=NC#N.CCN(C)C(N)=NC1CCCCC1.CCN=C(N)N(C)C.CCN=C(N)N(C)C.CCNC(N)=NC.CCNC(N)=NC. The van der Waals surface area contributed by atoms with Crippen LogP contribution in [0.25, 0.3) is 0 Å². The average molecular weight is 1810 g/mol. The van der Waals surface area contributed by atoms with Gasteiger partial charge in [-0.3, -0.25) is 62.7 Å². The van der Waals surface area contributed by atoms with E-state index in [4.69, 9.17) is 88.8 Å². The Hall–Kier alpha value is -10.8. The monoisotopic (exact) mass is 1810 g/mol. The predicted octanol–water partition coefficient (Wildman–Crippen LogP) is 5.53. The Morgan fingerprint density at radius 1 is 0.323 bits per heavy atom. The number of nitrogens with two attached hydrogens (primary N) is 8. The van der Waals surface area contributed by atoms with Crippen molar-refractivity contribution in [3.8, 4) is 12.4 Å². The molecular weight excluding hydrogens is 1610 g/mol. The number of nitrogens with zero attached hydrogens (tertiary/aromatic N) is 25. The summed E-state index contributed by atoms with van der Waals surface area (Å²) in [6.07, 6.45) is 21.1. The van der Waals surface area contributed by atoms with E-state index < -0.39 is 0 Å². The second-order valence-corrected chi connectivity index (χ2v) is 30.1. The molecule has 0 spiro atoms. The Labute approximate surface area is 774 Å². The van der Waals surface area contributed by atoms with Crippen LogP contribution >= 0.6 is 0 Å². The van der Waals surface area contributed by atoms with Gasteiger partial charge in [0.05, 0.1) is 23.8 Å². The van der Waals surface area contributed by atoms with E-state index in [-0.39, 0.29) is 11.9 Å². The highest BCUT2D eigenvalue weighted by atomic mass is 15.3. The molecule has 0 aromatic heterocycles. The van der Waals surface area contributed by atoms with Crippen molar-refractivity contribution in [1.29, 1.82) is 43.0 Å². The van der Waals surface area contributed by atoms with Crippen molar-refractivity contribution < 1.29 is 0 Å². The minimum Gasteiger partial charge on any atom is -0.370 e. The van der Waals surface area contributed by atoms with Crippen molar-refractivity contribution >= 4 is 83.2 Å². The summed E-state index contributed by atoms with van der Waals surface area (Å²) in [5.41, 5.74) is 42.8. The van der Waals surface area contributed by atoms with E-state index in [2.05, 4.69) is 83.6 Å². The molecule has 0 heterocycles. The third-order valence-corrected chi connectivity index (χ3v) is 18.9. The van der Waals surface area contributed by atoms with Crippen molar-refractivity contribution in [2.75, 3.05) is 254 Å². The first kappa shape index (κ1) is 137. The van der Waals surface area contributed by atoms with Crippen LogP contribution in [0.1, 0.15) is 187 Å². The van der Waals surface area contributed by atoms with Gasteiger partial charge >= 0.3 is 0 Å². The molecule has 4 aliphatic carbocycles. The van der Waals surface area contributed by atoms with Crippen LogP contribution in [0.15, 0.2) is 39.9 Å². The van der Waals surface area contributed by atoms with E-state index >= 15 is 0 Å². The van der Waals surface area contributed by atoms with Crippen LogP contribution in [-0.4, -0.2) is 422 Å². The quantitative estimate of drug-likeness (QED) is 0.0347.